The summed E-state index contributed by atoms with van der Waals surface area (Å²) in [5, 5.41) is 10.5. The number of nitrogens with zero attached hydrogens (tertiary/aromatic N) is 4. The number of likely N-dealkylation sites (tertiary alicyclic amines) is 2. The summed E-state index contributed by atoms with van der Waals surface area (Å²) in [6.07, 6.45) is 4.30. The molecule has 226 valence electrons. The zero-order chi connectivity index (χ0) is 29.7. The summed E-state index contributed by atoms with van der Waals surface area (Å²) in [6, 6.07) is 5.43. The summed E-state index contributed by atoms with van der Waals surface area (Å²) in [6.45, 7) is 5.74. The van der Waals surface area contributed by atoms with Crippen LogP contribution in [0.4, 0.5) is 0 Å². The number of quaternary nitrogens is 1. The number of unbranched alkanes of at least 4 members (excludes halogenated alkanes) is 1. The molecule has 2 saturated heterocycles. The molecule has 3 amide bonds. The van der Waals surface area contributed by atoms with Gasteiger partial charge in [0.1, 0.15) is 5.75 Å². The number of hydrogen-bond donors (Lipinski definition) is 1. The van der Waals surface area contributed by atoms with Crippen LogP contribution < -0.4 is 4.74 Å². The van der Waals surface area contributed by atoms with Crippen molar-refractivity contribution in [2.45, 2.75) is 63.8 Å². The smallest absolute Gasteiger partial charge is 0.308 e. The number of benzene rings is 1. The molecule has 3 atom stereocenters. The van der Waals surface area contributed by atoms with Gasteiger partial charge in [-0.1, -0.05) is 25.5 Å². The molecule has 0 aromatic heterocycles. The van der Waals surface area contributed by atoms with Gasteiger partial charge in [0.05, 0.1) is 46.8 Å². The van der Waals surface area contributed by atoms with E-state index in [1.807, 2.05) is 21.9 Å². The number of fused-ring (bicyclic) bond motifs is 1. The summed E-state index contributed by atoms with van der Waals surface area (Å²) < 4.78 is 6.49. The lowest BCUT2D eigenvalue weighted by atomic mass is 9.83. The average molecular weight is 572 g/mol. The maximum atomic E-state index is 13.7. The van der Waals surface area contributed by atoms with E-state index in [1.54, 1.807) is 0 Å². The molecule has 2 fully saturated rings. The Hall–Kier alpha value is -2.98. The molecule has 4 rings (SSSR count). The minimum Gasteiger partial charge on any atom is -0.493 e. The lowest BCUT2D eigenvalue weighted by Crippen LogP contribution is -2.46. The predicted molar refractivity (Wildman–Crippen MR) is 154 cm³/mol. The zero-order valence-corrected chi connectivity index (χ0v) is 25.1. The molecule has 1 aromatic carbocycles. The standard InChI is InChI=1S/C31H46N4O6/c1-5-6-14-32(15-7-17-35(2,3)4)29(38)21-33-20-24(22-8-9-26-23(19-22)13-18-41-26)30(31(39)40)25(33)12-16-34-27(36)10-11-28(34)37/h8-9,19,24-25,30H,5-7,10-18,20-21H2,1-4H3/p+1/t24-,25+,30-/m1/s1. The van der Waals surface area contributed by atoms with Crippen molar-refractivity contribution in [1.29, 1.82) is 0 Å². The first kappa shape index (κ1) is 31.0. The van der Waals surface area contributed by atoms with Crippen LogP contribution in [0.5, 0.6) is 5.75 Å². The van der Waals surface area contributed by atoms with Crippen molar-refractivity contribution in [3.8, 4) is 5.75 Å². The molecule has 0 bridgehead atoms. The number of hydrogen-bond acceptors (Lipinski definition) is 6. The number of imide groups is 1. The number of amides is 3. The normalized spacial score (nSPS) is 22.7. The van der Waals surface area contributed by atoms with Gasteiger partial charge in [-0.25, -0.2) is 0 Å². The molecule has 1 N–H and O–H groups in total. The van der Waals surface area contributed by atoms with Gasteiger partial charge in [-0.15, -0.1) is 0 Å². The Morgan fingerprint density at radius 1 is 1.07 bits per heavy atom. The van der Waals surface area contributed by atoms with Crippen molar-refractivity contribution in [2.24, 2.45) is 5.92 Å². The average Bonchev–Trinajstić information content (AvgIpc) is 3.61. The van der Waals surface area contributed by atoms with Gasteiger partial charge in [0.25, 0.3) is 0 Å². The van der Waals surface area contributed by atoms with Crippen molar-refractivity contribution in [2.75, 3.05) is 67.0 Å². The number of carboxylic acid groups (broad SMARTS) is 1. The topological polar surface area (TPSA) is 107 Å². The maximum Gasteiger partial charge on any atom is 0.308 e. The first-order valence-electron chi connectivity index (χ1n) is 15.1. The van der Waals surface area contributed by atoms with Crippen molar-refractivity contribution in [3.05, 3.63) is 29.3 Å². The second-order valence-electron chi connectivity index (χ2n) is 12.8. The molecule has 0 spiro atoms. The van der Waals surface area contributed by atoms with Gasteiger partial charge in [-0.3, -0.25) is 29.0 Å². The van der Waals surface area contributed by atoms with Gasteiger partial charge >= 0.3 is 5.97 Å². The fourth-order valence-corrected chi connectivity index (χ4v) is 6.48. The van der Waals surface area contributed by atoms with Crippen LogP contribution in [0.15, 0.2) is 18.2 Å². The van der Waals surface area contributed by atoms with Crippen molar-refractivity contribution < 1.29 is 33.5 Å². The number of aliphatic carboxylic acids is 1. The summed E-state index contributed by atoms with van der Waals surface area (Å²) in [4.78, 5) is 56.4. The van der Waals surface area contributed by atoms with E-state index >= 15 is 0 Å². The summed E-state index contributed by atoms with van der Waals surface area (Å²) in [5.41, 5.74) is 2.01. The predicted octanol–water partition coefficient (Wildman–Crippen LogP) is 2.35. The third-order valence-electron chi connectivity index (χ3n) is 8.71. The first-order valence-corrected chi connectivity index (χ1v) is 15.1. The summed E-state index contributed by atoms with van der Waals surface area (Å²) >= 11 is 0. The highest BCUT2D eigenvalue weighted by Gasteiger charge is 2.47. The Morgan fingerprint density at radius 3 is 2.44 bits per heavy atom. The van der Waals surface area contributed by atoms with E-state index in [2.05, 4.69) is 34.1 Å². The van der Waals surface area contributed by atoms with E-state index in [9.17, 15) is 24.3 Å². The van der Waals surface area contributed by atoms with Gasteiger partial charge in [0, 0.05) is 63.8 Å². The quantitative estimate of drug-likeness (QED) is 0.270. The Labute approximate surface area is 243 Å². The molecule has 10 nitrogen and oxygen atoms in total. The third-order valence-corrected chi connectivity index (χ3v) is 8.71. The van der Waals surface area contributed by atoms with Crippen LogP contribution in [0.2, 0.25) is 0 Å². The largest absolute Gasteiger partial charge is 0.493 e. The lowest BCUT2D eigenvalue weighted by molar-refractivity contribution is -0.870. The number of carbonyl (C=O) groups is 4. The Kier molecular flexibility index (Phi) is 10.1. The van der Waals surface area contributed by atoms with Gasteiger partial charge in [0.15, 0.2) is 0 Å². The minimum atomic E-state index is -0.920. The Bertz CT molecular complexity index is 1120. The number of carbonyl (C=O) groups excluding carboxylic acids is 3. The molecule has 3 heterocycles. The van der Waals surface area contributed by atoms with E-state index in [1.165, 1.54) is 4.90 Å². The fourth-order valence-electron chi connectivity index (χ4n) is 6.48. The molecular formula is C31H47N4O6+. The summed E-state index contributed by atoms with van der Waals surface area (Å²) in [5.74, 6) is -1.57. The highest BCUT2D eigenvalue weighted by Crippen LogP contribution is 2.41. The molecular weight excluding hydrogens is 524 g/mol. The molecule has 3 aliphatic heterocycles. The fraction of sp³-hybridized carbons (Fsp3) is 0.677. The highest BCUT2D eigenvalue weighted by molar-refractivity contribution is 6.01. The van der Waals surface area contributed by atoms with Crippen LogP contribution in [0.3, 0.4) is 0 Å². The van der Waals surface area contributed by atoms with Gasteiger partial charge in [-0.05, 0) is 30.0 Å². The first-order chi connectivity index (χ1) is 19.5. The van der Waals surface area contributed by atoms with E-state index in [0.29, 0.717) is 32.7 Å². The van der Waals surface area contributed by atoms with E-state index in [-0.39, 0.29) is 49.6 Å². The SMILES string of the molecule is CCCCN(CCC[N+](C)(C)C)C(=O)CN1C[C@H](c2ccc3c(c2)CCO3)[C@@H](C(=O)O)[C@@H]1CCN1C(=O)CCC1=O. The molecule has 41 heavy (non-hydrogen) atoms. The molecule has 3 aliphatic rings. The summed E-state index contributed by atoms with van der Waals surface area (Å²) in [7, 11) is 6.42. The monoisotopic (exact) mass is 571 g/mol. The molecule has 1 aromatic rings. The van der Waals surface area contributed by atoms with E-state index in [0.717, 1.165) is 53.6 Å². The van der Waals surface area contributed by atoms with Crippen molar-refractivity contribution in [3.63, 3.8) is 0 Å². The number of ether oxygens (including phenoxy) is 1. The minimum absolute atomic E-state index is 0.00493. The molecule has 10 heteroatoms. The molecule has 0 unspecified atom stereocenters. The highest BCUT2D eigenvalue weighted by atomic mass is 16.5. The van der Waals surface area contributed by atoms with Gasteiger partial charge in [0.2, 0.25) is 17.7 Å². The number of rotatable bonds is 14. The number of carboxylic acids is 1. The van der Waals surface area contributed by atoms with Crippen LogP contribution in [0, 0.1) is 5.92 Å². The second-order valence-corrected chi connectivity index (χ2v) is 12.8. The van der Waals surface area contributed by atoms with Gasteiger partial charge in [-0.2, -0.15) is 0 Å². The van der Waals surface area contributed by atoms with Crippen LogP contribution in [0.1, 0.15) is 62.5 Å². The van der Waals surface area contributed by atoms with Crippen LogP contribution >= 0.6 is 0 Å². The van der Waals surface area contributed by atoms with E-state index in [4.69, 9.17) is 4.74 Å². The zero-order valence-electron chi connectivity index (χ0n) is 25.1. The van der Waals surface area contributed by atoms with E-state index < -0.39 is 17.9 Å². The van der Waals surface area contributed by atoms with Crippen molar-refractivity contribution in [1.82, 2.24) is 14.7 Å². The Balaban J connectivity index is 1.57. The van der Waals surface area contributed by atoms with Crippen molar-refractivity contribution >= 4 is 23.7 Å². The van der Waals surface area contributed by atoms with Crippen LogP contribution in [-0.2, 0) is 25.6 Å². The molecule has 0 radical (unpaired) electrons. The van der Waals surface area contributed by atoms with Gasteiger partial charge < -0.3 is 19.2 Å². The lowest BCUT2D eigenvalue weighted by Gasteiger charge is -2.31. The second kappa shape index (κ2) is 13.3. The maximum absolute atomic E-state index is 13.7. The van der Waals surface area contributed by atoms with Crippen LogP contribution in [-0.4, -0.2) is 121 Å². The Morgan fingerprint density at radius 2 is 1.78 bits per heavy atom. The van der Waals surface area contributed by atoms with Crippen LogP contribution in [0.25, 0.3) is 0 Å². The third kappa shape index (κ3) is 7.65. The molecule has 0 saturated carbocycles. The molecule has 0 aliphatic carbocycles.